The summed E-state index contributed by atoms with van der Waals surface area (Å²) < 4.78 is 6.72. The maximum Gasteiger partial charge on any atom is 0.114 e. The van der Waals surface area contributed by atoms with Gasteiger partial charge in [-0.05, 0) is 6.92 Å². The van der Waals surface area contributed by atoms with Crippen LogP contribution in [-0.4, -0.2) is 27.2 Å². The van der Waals surface area contributed by atoms with Gasteiger partial charge in [-0.3, -0.25) is 0 Å². The van der Waals surface area contributed by atoms with Crippen molar-refractivity contribution < 1.29 is 9.84 Å². The van der Waals surface area contributed by atoms with E-state index in [0.717, 1.165) is 5.69 Å². The Balaban J connectivity index is 3.01. The number of aliphatic hydroxyl groups is 1. The summed E-state index contributed by atoms with van der Waals surface area (Å²) in [6, 6.07) is 0. The van der Waals surface area contributed by atoms with E-state index in [-0.39, 0.29) is 12.7 Å². The van der Waals surface area contributed by atoms with Gasteiger partial charge in [0.25, 0.3) is 0 Å². The second-order valence-corrected chi connectivity index (χ2v) is 2.58. The highest BCUT2D eigenvalue weighted by molar-refractivity contribution is 5.11. The minimum atomic E-state index is -0.100. The van der Waals surface area contributed by atoms with Crippen LogP contribution in [0.1, 0.15) is 24.4 Å². The standard InChI is InChI=1S/C7H13N3O2/c1-5(12-3)7-6(4-11)8-9-10(7)2/h5,11H,4H2,1-3H3. The SMILES string of the molecule is COC(C)c1c(CO)nnn1C. The van der Waals surface area contributed by atoms with Gasteiger partial charge in [-0.2, -0.15) is 0 Å². The fourth-order valence-electron chi connectivity index (χ4n) is 1.13. The molecule has 0 bridgehead atoms. The zero-order valence-corrected chi connectivity index (χ0v) is 7.48. The van der Waals surface area contributed by atoms with Crippen molar-refractivity contribution in [3.63, 3.8) is 0 Å². The van der Waals surface area contributed by atoms with Crippen molar-refractivity contribution in [1.29, 1.82) is 0 Å². The molecule has 0 aliphatic rings. The third-order valence-corrected chi connectivity index (χ3v) is 1.83. The number of aromatic nitrogens is 3. The molecule has 1 aromatic heterocycles. The second-order valence-electron chi connectivity index (χ2n) is 2.58. The summed E-state index contributed by atoms with van der Waals surface area (Å²) in [6.07, 6.45) is -0.0906. The zero-order valence-electron chi connectivity index (χ0n) is 7.48. The van der Waals surface area contributed by atoms with Crippen LogP contribution in [0.3, 0.4) is 0 Å². The highest BCUT2D eigenvalue weighted by Crippen LogP contribution is 2.17. The Kier molecular flexibility index (Phi) is 2.78. The van der Waals surface area contributed by atoms with E-state index in [1.54, 1.807) is 18.8 Å². The lowest BCUT2D eigenvalue weighted by Crippen LogP contribution is -2.06. The van der Waals surface area contributed by atoms with Gasteiger partial charge in [-0.1, -0.05) is 5.21 Å². The average molecular weight is 171 g/mol. The molecule has 0 fully saturated rings. The topological polar surface area (TPSA) is 60.2 Å². The first-order chi connectivity index (χ1) is 5.70. The molecule has 0 spiro atoms. The van der Waals surface area contributed by atoms with Gasteiger partial charge >= 0.3 is 0 Å². The van der Waals surface area contributed by atoms with Gasteiger partial charge < -0.3 is 9.84 Å². The van der Waals surface area contributed by atoms with E-state index in [0.29, 0.717) is 5.69 Å². The van der Waals surface area contributed by atoms with Crippen LogP contribution in [0, 0.1) is 0 Å². The number of aryl methyl sites for hydroxylation is 1. The molecule has 0 aromatic carbocycles. The quantitative estimate of drug-likeness (QED) is 0.696. The van der Waals surface area contributed by atoms with Crippen molar-refractivity contribution in [3.8, 4) is 0 Å². The molecule has 0 saturated heterocycles. The summed E-state index contributed by atoms with van der Waals surface area (Å²) in [4.78, 5) is 0. The van der Waals surface area contributed by atoms with E-state index in [1.165, 1.54) is 0 Å². The number of hydrogen-bond donors (Lipinski definition) is 1. The third-order valence-electron chi connectivity index (χ3n) is 1.83. The average Bonchev–Trinajstić information content (AvgIpc) is 2.45. The van der Waals surface area contributed by atoms with E-state index >= 15 is 0 Å². The molecule has 1 unspecified atom stereocenters. The minimum absolute atomic E-state index is 0.0906. The van der Waals surface area contributed by atoms with Gasteiger partial charge in [0, 0.05) is 14.2 Å². The van der Waals surface area contributed by atoms with Gasteiger partial charge in [0.05, 0.1) is 18.4 Å². The van der Waals surface area contributed by atoms with Crippen LogP contribution in [0.5, 0.6) is 0 Å². The lowest BCUT2D eigenvalue weighted by molar-refractivity contribution is 0.110. The van der Waals surface area contributed by atoms with Crippen molar-refractivity contribution in [2.45, 2.75) is 19.6 Å². The van der Waals surface area contributed by atoms with E-state index in [2.05, 4.69) is 10.3 Å². The van der Waals surface area contributed by atoms with Gasteiger partial charge in [-0.25, -0.2) is 4.68 Å². The number of rotatable bonds is 3. The summed E-state index contributed by atoms with van der Waals surface area (Å²) in [5, 5.41) is 16.5. The second kappa shape index (κ2) is 3.64. The fraction of sp³-hybridized carbons (Fsp3) is 0.714. The Morgan fingerprint density at radius 2 is 2.33 bits per heavy atom. The van der Waals surface area contributed by atoms with Gasteiger partial charge in [0.15, 0.2) is 0 Å². The first-order valence-corrected chi connectivity index (χ1v) is 3.72. The van der Waals surface area contributed by atoms with E-state index in [1.807, 2.05) is 6.92 Å². The van der Waals surface area contributed by atoms with Crippen molar-refractivity contribution in [3.05, 3.63) is 11.4 Å². The van der Waals surface area contributed by atoms with E-state index < -0.39 is 0 Å². The van der Waals surface area contributed by atoms with Gasteiger partial charge in [0.1, 0.15) is 5.69 Å². The molecule has 0 saturated carbocycles. The summed E-state index contributed by atoms with van der Waals surface area (Å²) >= 11 is 0. The van der Waals surface area contributed by atoms with Crippen LogP contribution >= 0.6 is 0 Å². The molecule has 0 aliphatic carbocycles. The summed E-state index contributed by atoms with van der Waals surface area (Å²) in [7, 11) is 3.38. The van der Waals surface area contributed by atoms with Gasteiger partial charge in [0.2, 0.25) is 0 Å². The molecular weight excluding hydrogens is 158 g/mol. The molecule has 12 heavy (non-hydrogen) atoms. The molecule has 1 N–H and O–H groups in total. The first kappa shape index (κ1) is 9.15. The van der Waals surface area contributed by atoms with Crippen molar-refractivity contribution in [2.75, 3.05) is 7.11 Å². The number of methoxy groups -OCH3 is 1. The number of ether oxygens (including phenoxy) is 1. The van der Waals surface area contributed by atoms with E-state index in [9.17, 15) is 0 Å². The maximum absolute atomic E-state index is 8.90. The molecule has 0 aliphatic heterocycles. The summed E-state index contributed by atoms with van der Waals surface area (Å²) in [6.45, 7) is 1.79. The number of aliphatic hydroxyl groups excluding tert-OH is 1. The third kappa shape index (κ3) is 1.46. The Morgan fingerprint density at radius 3 is 2.83 bits per heavy atom. The molecule has 1 heterocycles. The number of nitrogens with zero attached hydrogens (tertiary/aromatic N) is 3. The molecule has 68 valence electrons. The predicted octanol–water partition coefficient (Wildman–Crippen LogP) is 0.0148. The van der Waals surface area contributed by atoms with Crippen LogP contribution in [0.4, 0.5) is 0 Å². The lowest BCUT2D eigenvalue weighted by Gasteiger charge is -2.09. The molecule has 5 heteroatoms. The molecule has 1 aromatic rings. The van der Waals surface area contributed by atoms with Crippen molar-refractivity contribution in [2.24, 2.45) is 7.05 Å². The highest BCUT2D eigenvalue weighted by Gasteiger charge is 2.15. The molecule has 0 amide bonds. The summed E-state index contributed by atoms with van der Waals surface area (Å²) in [5.41, 5.74) is 1.40. The normalized spacial score (nSPS) is 13.3. The molecule has 5 nitrogen and oxygen atoms in total. The molecule has 0 radical (unpaired) electrons. The highest BCUT2D eigenvalue weighted by atomic mass is 16.5. The van der Waals surface area contributed by atoms with E-state index in [4.69, 9.17) is 9.84 Å². The van der Waals surface area contributed by atoms with Crippen LogP contribution in [0.15, 0.2) is 0 Å². The van der Waals surface area contributed by atoms with Crippen LogP contribution in [-0.2, 0) is 18.4 Å². The molecule has 1 rings (SSSR count). The monoisotopic (exact) mass is 171 g/mol. The van der Waals surface area contributed by atoms with Crippen LogP contribution in [0.2, 0.25) is 0 Å². The predicted molar refractivity (Wildman–Crippen MR) is 42.3 cm³/mol. The smallest absolute Gasteiger partial charge is 0.114 e. The molecule has 1 atom stereocenters. The Bertz CT molecular complexity index is 259. The van der Waals surface area contributed by atoms with Crippen LogP contribution < -0.4 is 0 Å². The van der Waals surface area contributed by atoms with Crippen molar-refractivity contribution in [1.82, 2.24) is 15.0 Å². The Hall–Kier alpha value is -0.940. The minimum Gasteiger partial charge on any atom is -0.390 e. The van der Waals surface area contributed by atoms with Gasteiger partial charge in [-0.15, -0.1) is 5.10 Å². The maximum atomic E-state index is 8.90. The first-order valence-electron chi connectivity index (χ1n) is 3.72. The Labute approximate surface area is 71.0 Å². The van der Waals surface area contributed by atoms with Crippen molar-refractivity contribution >= 4 is 0 Å². The largest absolute Gasteiger partial charge is 0.390 e. The number of hydrogen-bond acceptors (Lipinski definition) is 4. The van der Waals surface area contributed by atoms with Crippen LogP contribution in [0.25, 0.3) is 0 Å². The Morgan fingerprint density at radius 1 is 1.67 bits per heavy atom. The molecular formula is C7H13N3O2. The summed E-state index contributed by atoms with van der Waals surface area (Å²) in [5.74, 6) is 0. The fourth-order valence-corrected chi connectivity index (χ4v) is 1.13. The zero-order chi connectivity index (χ0) is 9.14. The lowest BCUT2D eigenvalue weighted by atomic mass is 10.2.